The molecule has 0 radical (unpaired) electrons. The molecular weight excluding hydrogens is 402 g/mol. The number of rotatable bonds is 5. The maximum Gasteiger partial charge on any atom is 0.273 e. The van der Waals surface area contributed by atoms with E-state index in [1.54, 1.807) is 44.3 Å². The number of amides is 1. The average molecular weight is 421 g/mol. The second-order valence-corrected chi connectivity index (χ2v) is 8.01. The van der Waals surface area contributed by atoms with E-state index in [-0.39, 0.29) is 17.0 Å². The van der Waals surface area contributed by atoms with Crippen LogP contribution in [-0.2, 0) is 11.8 Å². The highest BCUT2D eigenvalue weighted by Crippen LogP contribution is 2.22. The summed E-state index contributed by atoms with van der Waals surface area (Å²) in [5.74, 6) is -0.0227. The normalized spacial score (nSPS) is 12.1. The summed E-state index contributed by atoms with van der Waals surface area (Å²) in [6.07, 6.45) is 0. The number of carbonyl (C=O) groups excluding carboxylic acids is 1. The minimum atomic E-state index is -0.548. The van der Waals surface area contributed by atoms with Crippen LogP contribution >= 0.6 is 11.8 Å². The van der Waals surface area contributed by atoms with E-state index in [0.29, 0.717) is 27.6 Å². The van der Waals surface area contributed by atoms with Crippen molar-refractivity contribution in [1.29, 1.82) is 0 Å². The Bertz CT molecular complexity index is 1340. The number of carbonyl (C=O) groups is 1. The Morgan fingerprint density at radius 1 is 1.10 bits per heavy atom. The third-order valence-corrected chi connectivity index (χ3v) is 5.73. The monoisotopic (exact) mass is 421 g/mol. The van der Waals surface area contributed by atoms with Crippen LogP contribution in [0.3, 0.4) is 0 Å². The summed E-state index contributed by atoms with van der Waals surface area (Å²) in [6.45, 7) is 1.72. The van der Waals surface area contributed by atoms with Crippen LogP contribution in [0.1, 0.15) is 6.92 Å². The van der Waals surface area contributed by atoms with Crippen LogP contribution < -0.4 is 16.4 Å². The van der Waals surface area contributed by atoms with E-state index in [2.05, 4.69) is 15.4 Å². The molecule has 2 aromatic carbocycles. The fraction of sp³-hybridized carbons (Fsp3) is 0.143. The molecule has 0 saturated carbocycles. The Labute approximate surface area is 175 Å². The Morgan fingerprint density at radius 2 is 1.80 bits per heavy atom. The predicted octanol–water partition coefficient (Wildman–Crippen LogP) is 2.53. The smallest absolute Gasteiger partial charge is 0.273 e. The van der Waals surface area contributed by atoms with Gasteiger partial charge in [0.05, 0.1) is 21.8 Å². The van der Waals surface area contributed by atoms with Crippen molar-refractivity contribution in [2.75, 3.05) is 5.32 Å². The summed E-state index contributed by atoms with van der Waals surface area (Å²) in [5, 5.41) is 6.02. The van der Waals surface area contributed by atoms with E-state index >= 15 is 0 Å². The van der Waals surface area contributed by atoms with Crippen molar-refractivity contribution in [2.45, 2.75) is 17.3 Å². The Kier molecular flexibility index (Phi) is 5.28. The molecule has 8 nitrogen and oxygen atoms in total. The zero-order valence-corrected chi connectivity index (χ0v) is 17.1. The summed E-state index contributed by atoms with van der Waals surface area (Å²) >= 11 is 1.17. The van der Waals surface area contributed by atoms with Crippen LogP contribution in [0, 0.1) is 0 Å². The number of aromatic nitrogens is 4. The van der Waals surface area contributed by atoms with Crippen molar-refractivity contribution >= 4 is 34.4 Å². The van der Waals surface area contributed by atoms with Crippen LogP contribution in [0.2, 0.25) is 0 Å². The van der Waals surface area contributed by atoms with Gasteiger partial charge in [-0.3, -0.25) is 24.0 Å². The number of nitrogens with zero attached hydrogens (tertiary/aromatic N) is 3. The lowest BCUT2D eigenvalue weighted by molar-refractivity contribution is -0.115. The standard InChI is InChI=1S/C21H19N5O3S/c1-13(30-21-22-16-11-7-6-10-15(16)20(29)25(21)2)19(28)23-17-12-18(27)26(24-17)14-8-4-3-5-9-14/h3-13,24H,1-2H3,(H,23,28). The lowest BCUT2D eigenvalue weighted by Gasteiger charge is -2.13. The predicted molar refractivity (Wildman–Crippen MR) is 117 cm³/mol. The van der Waals surface area contributed by atoms with Gasteiger partial charge in [-0.05, 0) is 31.2 Å². The first kappa shape index (κ1) is 19.7. The molecule has 0 aliphatic heterocycles. The zero-order valence-electron chi connectivity index (χ0n) is 16.3. The van der Waals surface area contributed by atoms with Crippen molar-refractivity contribution in [3.8, 4) is 5.69 Å². The number of hydrogen-bond donors (Lipinski definition) is 2. The van der Waals surface area contributed by atoms with Gasteiger partial charge in [-0.1, -0.05) is 42.1 Å². The van der Waals surface area contributed by atoms with Gasteiger partial charge >= 0.3 is 0 Å². The minimum Gasteiger partial charge on any atom is -0.310 e. The number of anilines is 1. The second-order valence-electron chi connectivity index (χ2n) is 6.70. The Balaban J connectivity index is 1.53. The maximum absolute atomic E-state index is 12.7. The number of aromatic amines is 1. The van der Waals surface area contributed by atoms with E-state index in [0.717, 1.165) is 0 Å². The third kappa shape index (κ3) is 3.79. The number of H-pyrrole nitrogens is 1. The number of nitrogens with one attached hydrogen (secondary N) is 2. The van der Waals surface area contributed by atoms with Gasteiger partial charge in [0.25, 0.3) is 11.1 Å². The first-order valence-electron chi connectivity index (χ1n) is 9.25. The Hall–Kier alpha value is -3.59. The quantitative estimate of drug-likeness (QED) is 0.381. The van der Waals surface area contributed by atoms with Crippen LogP contribution in [0.15, 0.2) is 75.4 Å². The molecule has 4 aromatic rings. The molecule has 2 aromatic heterocycles. The number of para-hydroxylation sites is 2. The molecule has 0 saturated heterocycles. The molecule has 2 heterocycles. The summed E-state index contributed by atoms with van der Waals surface area (Å²) in [4.78, 5) is 41.9. The molecule has 4 rings (SSSR count). The van der Waals surface area contributed by atoms with Crippen LogP contribution in [0.25, 0.3) is 16.6 Å². The van der Waals surface area contributed by atoms with E-state index in [9.17, 15) is 14.4 Å². The maximum atomic E-state index is 12.7. The fourth-order valence-electron chi connectivity index (χ4n) is 2.98. The highest BCUT2D eigenvalue weighted by Gasteiger charge is 2.19. The number of fused-ring (bicyclic) bond motifs is 1. The van der Waals surface area contributed by atoms with Gasteiger partial charge in [0.15, 0.2) is 5.16 Å². The molecule has 9 heteroatoms. The van der Waals surface area contributed by atoms with Crippen LogP contribution in [-0.4, -0.2) is 30.5 Å². The minimum absolute atomic E-state index is 0.167. The molecule has 152 valence electrons. The van der Waals surface area contributed by atoms with E-state index in [4.69, 9.17) is 0 Å². The van der Waals surface area contributed by atoms with E-state index in [1.165, 1.54) is 27.1 Å². The van der Waals surface area contributed by atoms with Gasteiger partial charge < -0.3 is 5.32 Å². The van der Waals surface area contributed by atoms with Gasteiger partial charge in [0.1, 0.15) is 5.82 Å². The van der Waals surface area contributed by atoms with E-state index in [1.807, 2.05) is 24.3 Å². The molecule has 2 N–H and O–H groups in total. The number of hydrogen-bond acceptors (Lipinski definition) is 5. The zero-order chi connectivity index (χ0) is 21.3. The molecule has 1 unspecified atom stereocenters. The molecule has 0 aliphatic carbocycles. The first-order chi connectivity index (χ1) is 14.4. The molecule has 0 aliphatic rings. The Morgan fingerprint density at radius 3 is 2.57 bits per heavy atom. The SMILES string of the molecule is CC(Sc1nc2ccccc2c(=O)n1C)C(=O)Nc1cc(=O)n(-c2ccccc2)[nH]1. The van der Waals surface area contributed by atoms with Crippen molar-refractivity contribution < 1.29 is 4.79 Å². The molecule has 1 atom stereocenters. The summed E-state index contributed by atoms with van der Waals surface area (Å²) < 4.78 is 2.78. The first-order valence-corrected chi connectivity index (χ1v) is 10.1. The number of benzene rings is 2. The van der Waals surface area contributed by atoms with Gasteiger partial charge in [-0.25, -0.2) is 9.67 Å². The van der Waals surface area contributed by atoms with Gasteiger partial charge in [-0.15, -0.1) is 0 Å². The highest BCUT2D eigenvalue weighted by atomic mass is 32.2. The molecule has 1 amide bonds. The van der Waals surface area contributed by atoms with Crippen molar-refractivity contribution in [3.63, 3.8) is 0 Å². The lowest BCUT2D eigenvalue weighted by Crippen LogP contribution is -2.25. The average Bonchev–Trinajstić information content (AvgIpc) is 3.12. The summed E-state index contributed by atoms with van der Waals surface area (Å²) in [6, 6.07) is 17.5. The second kappa shape index (κ2) is 8.03. The van der Waals surface area contributed by atoms with Gasteiger partial charge in [0, 0.05) is 13.1 Å². The molecule has 0 spiro atoms. The lowest BCUT2D eigenvalue weighted by atomic mass is 10.2. The molecule has 0 fully saturated rings. The number of thioether (sulfide) groups is 1. The summed E-state index contributed by atoms with van der Waals surface area (Å²) in [7, 11) is 1.63. The topological polar surface area (TPSA) is 102 Å². The molecular formula is C21H19N5O3S. The van der Waals surface area contributed by atoms with Crippen molar-refractivity contribution in [2.24, 2.45) is 7.05 Å². The molecule has 30 heavy (non-hydrogen) atoms. The van der Waals surface area contributed by atoms with Crippen LogP contribution in [0.5, 0.6) is 0 Å². The van der Waals surface area contributed by atoms with Gasteiger partial charge in [0.2, 0.25) is 5.91 Å². The summed E-state index contributed by atoms with van der Waals surface area (Å²) in [5.41, 5.74) is 0.802. The third-order valence-electron chi connectivity index (χ3n) is 4.59. The van der Waals surface area contributed by atoms with Crippen molar-refractivity contribution in [3.05, 3.63) is 81.4 Å². The van der Waals surface area contributed by atoms with Gasteiger partial charge in [-0.2, -0.15) is 0 Å². The highest BCUT2D eigenvalue weighted by molar-refractivity contribution is 8.00. The largest absolute Gasteiger partial charge is 0.310 e. The molecule has 0 bridgehead atoms. The van der Waals surface area contributed by atoms with Crippen molar-refractivity contribution in [1.82, 2.24) is 19.3 Å². The fourth-order valence-corrected chi connectivity index (χ4v) is 3.85. The van der Waals surface area contributed by atoms with Crippen LogP contribution in [0.4, 0.5) is 5.82 Å². The van der Waals surface area contributed by atoms with E-state index < -0.39 is 5.25 Å².